The number of carbonyl (C=O) groups is 2. The highest BCUT2D eigenvalue weighted by Gasteiger charge is 2.40. The zero-order chi connectivity index (χ0) is 16.6. The zero-order valence-electron chi connectivity index (χ0n) is 12.7. The second-order valence-electron chi connectivity index (χ2n) is 5.66. The van der Waals surface area contributed by atoms with Gasteiger partial charge in [-0.25, -0.2) is 4.79 Å². The molecule has 1 aromatic heterocycles. The first-order valence-electron chi connectivity index (χ1n) is 7.40. The van der Waals surface area contributed by atoms with E-state index in [1.54, 1.807) is 4.90 Å². The van der Waals surface area contributed by atoms with Crippen LogP contribution in [0.5, 0.6) is 0 Å². The average molecular weight is 314 g/mol. The molecule has 4 N–H and O–H groups in total. The molecule has 2 unspecified atom stereocenters. The van der Waals surface area contributed by atoms with E-state index >= 15 is 0 Å². The highest BCUT2D eigenvalue weighted by atomic mass is 16.5. The van der Waals surface area contributed by atoms with Gasteiger partial charge in [0.05, 0.1) is 11.6 Å². The third kappa shape index (κ3) is 2.54. The van der Waals surface area contributed by atoms with Gasteiger partial charge in [0.15, 0.2) is 5.69 Å². The van der Waals surface area contributed by atoms with E-state index in [9.17, 15) is 9.59 Å². The van der Waals surface area contributed by atoms with Crippen molar-refractivity contribution in [3.8, 4) is 0 Å². The highest BCUT2D eigenvalue weighted by molar-refractivity contribution is 5.93. The SMILES string of the molecule is CC(c1ccccc1)C1c2c(C(N)=O)noc2CCN1C(N)=O. The van der Waals surface area contributed by atoms with Crippen LogP contribution in [0.3, 0.4) is 0 Å². The lowest BCUT2D eigenvalue weighted by Crippen LogP contribution is -2.45. The fraction of sp³-hybridized carbons (Fsp3) is 0.312. The van der Waals surface area contributed by atoms with E-state index in [1.807, 2.05) is 37.3 Å². The number of aromatic nitrogens is 1. The maximum atomic E-state index is 11.9. The molecule has 1 aromatic carbocycles. The van der Waals surface area contributed by atoms with Crippen molar-refractivity contribution in [1.29, 1.82) is 0 Å². The monoisotopic (exact) mass is 314 g/mol. The second-order valence-corrected chi connectivity index (χ2v) is 5.66. The predicted octanol–water partition coefficient (Wildman–Crippen LogP) is 1.56. The number of primary amides is 2. The van der Waals surface area contributed by atoms with Gasteiger partial charge in [-0.05, 0) is 5.56 Å². The lowest BCUT2D eigenvalue weighted by Gasteiger charge is -2.37. The minimum Gasteiger partial charge on any atom is -0.364 e. The van der Waals surface area contributed by atoms with Crippen LogP contribution < -0.4 is 11.5 Å². The van der Waals surface area contributed by atoms with Gasteiger partial charge in [-0.2, -0.15) is 0 Å². The molecule has 0 saturated heterocycles. The normalized spacial score (nSPS) is 18.3. The molecule has 7 nitrogen and oxygen atoms in total. The van der Waals surface area contributed by atoms with E-state index in [0.717, 1.165) is 5.56 Å². The molecule has 3 amide bonds. The summed E-state index contributed by atoms with van der Waals surface area (Å²) >= 11 is 0. The average Bonchev–Trinajstić information content (AvgIpc) is 2.98. The summed E-state index contributed by atoms with van der Waals surface area (Å²) in [4.78, 5) is 25.1. The largest absolute Gasteiger partial charge is 0.364 e. The summed E-state index contributed by atoms with van der Waals surface area (Å²) in [6.45, 7) is 2.39. The number of benzene rings is 1. The van der Waals surface area contributed by atoms with Gasteiger partial charge in [-0.3, -0.25) is 4.79 Å². The van der Waals surface area contributed by atoms with Crippen molar-refractivity contribution in [3.63, 3.8) is 0 Å². The first-order valence-corrected chi connectivity index (χ1v) is 7.40. The summed E-state index contributed by atoms with van der Waals surface area (Å²) in [5.41, 5.74) is 12.6. The second kappa shape index (κ2) is 5.75. The van der Waals surface area contributed by atoms with Gasteiger partial charge in [0.25, 0.3) is 5.91 Å². The molecular weight excluding hydrogens is 296 g/mol. The molecule has 0 radical (unpaired) electrons. The van der Waals surface area contributed by atoms with Crippen LogP contribution in [-0.2, 0) is 6.42 Å². The number of hydrogen-bond acceptors (Lipinski definition) is 4. The summed E-state index contributed by atoms with van der Waals surface area (Å²) in [6.07, 6.45) is 0.455. The highest BCUT2D eigenvalue weighted by Crippen LogP contribution is 2.41. The number of rotatable bonds is 3. The third-order valence-electron chi connectivity index (χ3n) is 4.33. The zero-order valence-corrected chi connectivity index (χ0v) is 12.7. The molecule has 7 heteroatoms. The molecule has 0 saturated carbocycles. The smallest absolute Gasteiger partial charge is 0.315 e. The molecule has 0 bridgehead atoms. The summed E-state index contributed by atoms with van der Waals surface area (Å²) < 4.78 is 5.26. The Bertz CT molecular complexity index is 741. The molecule has 0 aliphatic carbocycles. The number of fused-ring (bicyclic) bond motifs is 1. The van der Waals surface area contributed by atoms with Gasteiger partial charge >= 0.3 is 6.03 Å². The fourth-order valence-electron chi connectivity index (χ4n) is 3.22. The van der Waals surface area contributed by atoms with Crippen LogP contribution in [0.4, 0.5) is 4.79 Å². The summed E-state index contributed by atoms with van der Waals surface area (Å²) in [5, 5.41) is 3.79. The van der Waals surface area contributed by atoms with Gasteiger partial charge in [-0.15, -0.1) is 0 Å². The van der Waals surface area contributed by atoms with Gasteiger partial charge in [0, 0.05) is 18.9 Å². The van der Waals surface area contributed by atoms with E-state index in [-0.39, 0.29) is 11.6 Å². The third-order valence-corrected chi connectivity index (χ3v) is 4.33. The Morgan fingerprint density at radius 3 is 2.61 bits per heavy atom. The number of hydrogen-bond donors (Lipinski definition) is 2. The molecule has 120 valence electrons. The standard InChI is InChI=1S/C16H18N4O3/c1-9(10-5-3-2-4-6-10)14-12-11(7-8-20(14)16(18)22)23-19-13(12)15(17)21/h2-6,9,14H,7-8H2,1H3,(H2,17,21)(H2,18,22). The quantitative estimate of drug-likeness (QED) is 0.894. The summed E-state index contributed by atoms with van der Waals surface area (Å²) in [7, 11) is 0. The van der Waals surface area contributed by atoms with Crippen LogP contribution in [0.2, 0.25) is 0 Å². The van der Waals surface area contributed by atoms with Crippen LogP contribution >= 0.6 is 0 Å². The van der Waals surface area contributed by atoms with Gasteiger partial charge in [0.1, 0.15) is 5.76 Å². The van der Waals surface area contributed by atoms with Gasteiger partial charge in [-0.1, -0.05) is 42.4 Å². The number of nitrogens with zero attached hydrogens (tertiary/aromatic N) is 2. The maximum absolute atomic E-state index is 11.9. The topological polar surface area (TPSA) is 115 Å². The molecule has 2 heterocycles. The molecule has 3 rings (SSSR count). The lowest BCUT2D eigenvalue weighted by molar-refractivity contribution is 0.0988. The number of nitrogens with two attached hydrogens (primary N) is 2. The predicted molar refractivity (Wildman–Crippen MR) is 82.6 cm³/mol. The van der Waals surface area contributed by atoms with E-state index < -0.39 is 18.0 Å². The first-order chi connectivity index (χ1) is 11.0. The number of carbonyl (C=O) groups excluding carboxylic acids is 2. The van der Waals surface area contributed by atoms with E-state index in [1.165, 1.54) is 0 Å². The molecule has 0 spiro atoms. The van der Waals surface area contributed by atoms with Crippen molar-refractivity contribution < 1.29 is 14.1 Å². The van der Waals surface area contributed by atoms with Crippen LogP contribution in [0.15, 0.2) is 34.9 Å². The lowest BCUT2D eigenvalue weighted by atomic mass is 9.83. The Labute approximate surface area is 133 Å². The molecule has 1 aliphatic rings. The fourth-order valence-corrected chi connectivity index (χ4v) is 3.22. The molecular formula is C16H18N4O3. The first kappa shape index (κ1) is 15.1. The minimum absolute atomic E-state index is 0.0683. The van der Waals surface area contributed by atoms with Gasteiger partial charge in [0.2, 0.25) is 0 Å². The molecule has 2 atom stereocenters. The van der Waals surface area contributed by atoms with Gasteiger partial charge < -0.3 is 20.9 Å². The van der Waals surface area contributed by atoms with Crippen molar-refractivity contribution >= 4 is 11.9 Å². The Morgan fingerprint density at radius 2 is 2.00 bits per heavy atom. The summed E-state index contributed by atoms with van der Waals surface area (Å²) in [5.74, 6) is -0.184. The Morgan fingerprint density at radius 1 is 1.30 bits per heavy atom. The van der Waals surface area contributed by atoms with Crippen LogP contribution in [0.25, 0.3) is 0 Å². The van der Waals surface area contributed by atoms with Crippen LogP contribution in [0.1, 0.15) is 46.3 Å². The molecule has 0 fully saturated rings. The van der Waals surface area contributed by atoms with E-state index in [4.69, 9.17) is 16.0 Å². The van der Waals surface area contributed by atoms with E-state index in [0.29, 0.717) is 24.3 Å². The van der Waals surface area contributed by atoms with Crippen molar-refractivity contribution in [3.05, 3.63) is 52.9 Å². The maximum Gasteiger partial charge on any atom is 0.315 e. The Hall–Kier alpha value is -2.83. The van der Waals surface area contributed by atoms with Crippen molar-refractivity contribution in [2.24, 2.45) is 11.5 Å². The number of amides is 3. The summed E-state index contributed by atoms with van der Waals surface area (Å²) in [6, 6.07) is 8.72. The molecule has 1 aliphatic heterocycles. The minimum atomic E-state index is -0.674. The van der Waals surface area contributed by atoms with Crippen molar-refractivity contribution in [2.45, 2.75) is 25.3 Å². The molecule has 2 aromatic rings. The van der Waals surface area contributed by atoms with Crippen molar-refractivity contribution in [1.82, 2.24) is 10.1 Å². The van der Waals surface area contributed by atoms with E-state index in [2.05, 4.69) is 5.16 Å². The Kier molecular flexibility index (Phi) is 3.77. The van der Waals surface area contributed by atoms with Crippen LogP contribution in [0, 0.1) is 0 Å². The number of urea groups is 1. The van der Waals surface area contributed by atoms with Crippen molar-refractivity contribution in [2.75, 3.05) is 6.54 Å². The Balaban J connectivity index is 2.12. The molecule has 23 heavy (non-hydrogen) atoms. The van der Waals surface area contributed by atoms with Crippen LogP contribution in [-0.4, -0.2) is 28.5 Å².